The normalized spacial score (nSPS) is 11.5. The summed E-state index contributed by atoms with van der Waals surface area (Å²) >= 11 is 0. The molecule has 110 valence electrons. The van der Waals surface area contributed by atoms with E-state index in [0.29, 0.717) is 11.6 Å². The summed E-state index contributed by atoms with van der Waals surface area (Å²) in [5.41, 5.74) is 3.30. The molecule has 3 aromatic rings. The summed E-state index contributed by atoms with van der Waals surface area (Å²) < 4.78 is 20.4. The lowest BCUT2D eigenvalue weighted by atomic mass is 10.2. The second kappa shape index (κ2) is 4.87. The Kier molecular flexibility index (Phi) is 3.16. The fraction of sp³-hybridized carbons (Fsp3) is 0.333. The van der Waals surface area contributed by atoms with Crippen molar-refractivity contribution in [1.82, 2.24) is 19.7 Å². The Balaban J connectivity index is 2.20. The number of aromatic amines is 1. The number of H-pyrrole nitrogens is 1. The third-order valence-electron chi connectivity index (χ3n) is 3.43. The van der Waals surface area contributed by atoms with Crippen LogP contribution in [-0.4, -0.2) is 26.9 Å². The number of imidazole rings is 1. The number of ether oxygens (including phenoxy) is 1. The van der Waals surface area contributed by atoms with Crippen LogP contribution in [0.15, 0.2) is 18.2 Å². The van der Waals surface area contributed by atoms with E-state index in [1.54, 1.807) is 6.07 Å². The first-order valence-corrected chi connectivity index (χ1v) is 6.80. The number of halogens is 1. The van der Waals surface area contributed by atoms with Crippen LogP contribution in [0.3, 0.4) is 0 Å². The number of benzene rings is 1. The number of hydrogen-bond donors (Lipinski definition) is 1. The number of rotatable bonds is 3. The zero-order chi connectivity index (χ0) is 15.1. The van der Waals surface area contributed by atoms with E-state index >= 15 is 0 Å². The summed E-state index contributed by atoms with van der Waals surface area (Å²) in [6.07, 6.45) is 0. The van der Waals surface area contributed by atoms with Gasteiger partial charge >= 0.3 is 0 Å². The van der Waals surface area contributed by atoms with Crippen LogP contribution in [0.1, 0.15) is 25.6 Å². The number of hydrogen-bond acceptors (Lipinski definition) is 3. The molecular formula is C15H17FN4O. The highest BCUT2D eigenvalue weighted by Crippen LogP contribution is 2.31. The van der Waals surface area contributed by atoms with Gasteiger partial charge in [0.15, 0.2) is 5.65 Å². The second-order valence-electron chi connectivity index (χ2n) is 5.25. The molecule has 0 unspecified atom stereocenters. The van der Waals surface area contributed by atoms with E-state index in [2.05, 4.69) is 28.9 Å². The van der Waals surface area contributed by atoms with Crippen LogP contribution in [0.4, 0.5) is 4.39 Å². The number of nitrogens with one attached hydrogen (secondary N) is 1. The van der Waals surface area contributed by atoms with E-state index in [1.807, 2.05) is 11.6 Å². The predicted octanol–water partition coefficient (Wildman–Crippen LogP) is 3.46. The zero-order valence-electron chi connectivity index (χ0n) is 12.4. The minimum absolute atomic E-state index is 0.215. The van der Waals surface area contributed by atoms with Crippen LogP contribution in [0.25, 0.3) is 22.6 Å². The third-order valence-corrected chi connectivity index (χ3v) is 3.43. The van der Waals surface area contributed by atoms with Gasteiger partial charge in [0.2, 0.25) is 0 Å². The topological polar surface area (TPSA) is 55.7 Å². The van der Waals surface area contributed by atoms with Gasteiger partial charge in [0.25, 0.3) is 0 Å². The summed E-state index contributed by atoms with van der Waals surface area (Å²) in [7, 11) is 1.52. The van der Waals surface area contributed by atoms with E-state index in [1.165, 1.54) is 19.2 Å². The summed E-state index contributed by atoms with van der Waals surface area (Å²) in [6.45, 7) is 6.04. The standard InChI is InChI=1S/C15H17FN4O/c1-8(2)20-15-13(9(3)19-20)17-14(18-15)11-6-5-10(16)7-12(11)21-4/h5-8H,1-4H3,(H,17,18). The predicted molar refractivity (Wildman–Crippen MR) is 78.9 cm³/mol. The van der Waals surface area contributed by atoms with Crippen molar-refractivity contribution >= 4 is 11.2 Å². The Bertz CT molecular complexity index is 803. The van der Waals surface area contributed by atoms with Gasteiger partial charge in [-0.1, -0.05) is 0 Å². The van der Waals surface area contributed by atoms with Crippen molar-refractivity contribution in [3.8, 4) is 17.1 Å². The molecule has 0 radical (unpaired) electrons. The maximum Gasteiger partial charge on any atom is 0.177 e. The van der Waals surface area contributed by atoms with Gasteiger partial charge in [-0.05, 0) is 32.9 Å². The molecule has 5 nitrogen and oxygen atoms in total. The average molecular weight is 288 g/mol. The Morgan fingerprint density at radius 2 is 2.10 bits per heavy atom. The van der Waals surface area contributed by atoms with Crippen molar-refractivity contribution in [3.63, 3.8) is 0 Å². The number of fused-ring (bicyclic) bond motifs is 1. The summed E-state index contributed by atoms with van der Waals surface area (Å²) in [4.78, 5) is 7.86. The van der Waals surface area contributed by atoms with Gasteiger partial charge in [0.1, 0.15) is 22.9 Å². The van der Waals surface area contributed by atoms with E-state index in [-0.39, 0.29) is 11.9 Å². The molecule has 1 N–H and O–H groups in total. The van der Waals surface area contributed by atoms with Crippen molar-refractivity contribution in [2.45, 2.75) is 26.8 Å². The molecule has 3 rings (SSSR count). The number of nitrogens with zero attached hydrogens (tertiary/aromatic N) is 3. The summed E-state index contributed by atoms with van der Waals surface area (Å²) in [5.74, 6) is 0.765. The van der Waals surface area contributed by atoms with Crippen LogP contribution in [0.2, 0.25) is 0 Å². The molecule has 0 aliphatic heterocycles. The quantitative estimate of drug-likeness (QED) is 0.803. The first kappa shape index (κ1) is 13.6. The van der Waals surface area contributed by atoms with Gasteiger partial charge in [-0.3, -0.25) is 0 Å². The van der Waals surface area contributed by atoms with Crippen molar-refractivity contribution in [3.05, 3.63) is 29.7 Å². The smallest absolute Gasteiger partial charge is 0.177 e. The lowest BCUT2D eigenvalue weighted by Gasteiger charge is -2.06. The maximum atomic E-state index is 13.3. The minimum Gasteiger partial charge on any atom is -0.496 e. The van der Waals surface area contributed by atoms with Crippen LogP contribution >= 0.6 is 0 Å². The Labute approximate surface area is 121 Å². The van der Waals surface area contributed by atoms with Gasteiger partial charge in [0.05, 0.1) is 18.4 Å². The van der Waals surface area contributed by atoms with Crippen LogP contribution in [-0.2, 0) is 0 Å². The monoisotopic (exact) mass is 288 g/mol. The largest absolute Gasteiger partial charge is 0.496 e. The molecule has 0 atom stereocenters. The fourth-order valence-electron chi connectivity index (χ4n) is 2.39. The van der Waals surface area contributed by atoms with E-state index in [9.17, 15) is 4.39 Å². The van der Waals surface area contributed by atoms with Gasteiger partial charge < -0.3 is 9.72 Å². The molecule has 2 heterocycles. The molecule has 0 aliphatic carbocycles. The molecular weight excluding hydrogens is 271 g/mol. The van der Waals surface area contributed by atoms with Crippen LogP contribution < -0.4 is 4.74 Å². The fourth-order valence-corrected chi connectivity index (χ4v) is 2.39. The van der Waals surface area contributed by atoms with E-state index < -0.39 is 0 Å². The van der Waals surface area contributed by atoms with Gasteiger partial charge in [0, 0.05) is 12.1 Å². The average Bonchev–Trinajstić information content (AvgIpc) is 2.99. The van der Waals surface area contributed by atoms with Crippen LogP contribution in [0.5, 0.6) is 5.75 Å². The van der Waals surface area contributed by atoms with Gasteiger partial charge in [-0.25, -0.2) is 14.1 Å². The van der Waals surface area contributed by atoms with Crippen LogP contribution in [0, 0.1) is 12.7 Å². The molecule has 0 saturated heterocycles. The van der Waals surface area contributed by atoms with Crippen molar-refractivity contribution in [2.75, 3.05) is 7.11 Å². The Morgan fingerprint density at radius 1 is 1.33 bits per heavy atom. The van der Waals surface area contributed by atoms with Gasteiger partial charge in [-0.15, -0.1) is 0 Å². The highest BCUT2D eigenvalue weighted by atomic mass is 19.1. The molecule has 0 saturated carbocycles. The first-order chi connectivity index (χ1) is 10.0. The SMILES string of the molecule is COc1cc(F)ccc1-c1nc2c([nH]1)c(C)nn2C(C)C. The second-order valence-corrected chi connectivity index (χ2v) is 5.25. The molecule has 6 heteroatoms. The summed E-state index contributed by atoms with van der Waals surface area (Å²) in [5, 5.41) is 4.47. The number of methoxy groups -OCH3 is 1. The molecule has 0 spiro atoms. The highest BCUT2D eigenvalue weighted by Gasteiger charge is 2.17. The third kappa shape index (κ3) is 2.16. The molecule has 0 fully saturated rings. The minimum atomic E-state index is -0.337. The zero-order valence-corrected chi connectivity index (χ0v) is 12.4. The summed E-state index contributed by atoms with van der Waals surface area (Å²) in [6, 6.07) is 4.62. The highest BCUT2D eigenvalue weighted by molar-refractivity contribution is 5.80. The molecule has 21 heavy (non-hydrogen) atoms. The molecule has 0 aliphatic rings. The van der Waals surface area contributed by atoms with Crippen molar-refractivity contribution < 1.29 is 9.13 Å². The maximum absolute atomic E-state index is 13.3. The van der Waals surface area contributed by atoms with E-state index in [0.717, 1.165) is 22.4 Å². The van der Waals surface area contributed by atoms with Crippen molar-refractivity contribution in [1.29, 1.82) is 0 Å². The lowest BCUT2D eigenvalue weighted by molar-refractivity contribution is 0.412. The van der Waals surface area contributed by atoms with Gasteiger partial charge in [-0.2, -0.15) is 5.10 Å². The Hall–Kier alpha value is -2.37. The molecule has 0 amide bonds. The first-order valence-electron chi connectivity index (χ1n) is 6.80. The molecule has 0 bridgehead atoms. The number of aryl methyl sites for hydroxylation is 1. The van der Waals surface area contributed by atoms with Crippen molar-refractivity contribution in [2.24, 2.45) is 0 Å². The molecule has 1 aromatic carbocycles. The lowest BCUT2D eigenvalue weighted by Crippen LogP contribution is -2.03. The Morgan fingerprint density at radius 3 is 2.76 bits per heavy atom. The van der Waals surface area contributed by atoms with E-state index in [4.69, 9.17) is 4.74 Å². The number of aromatic nitrogens is 4. The molecule has 2 aromatic heterocycles.